The number of amides is 1. The summed E-state index contributed by atoms with van der Waals surface area (Å²) in [4.78, 5) is 11.9. The number of furan rings is 1. The van der Waals surface area contributed by atoms with Crippen LogP contribution in [0.5, 0.6) is 0 Å². The van der Waals surface area contributed by atoms with Gasteiger partial charge in [-0.25, -0.2) is 4.39 Å². The van der Waals surface area contributed by atoms with Crippen LogP contribution in [0.4, 0.5) is 10.1 Å². The molecular formula is C15H11ClFNO3. The molecule has 4 nitrogen and oxygen atoms in total. The van der Waals surface area contributed by atoms with Crippen LogP contribution >= 0.6 is 11.6 Å². The van der Waals surface area contributed by atoms with Gasteiger partial charge < -0.3 is 14.8 Å². The monoisotopic (exact) mass is 307 g/mol. The van der Waals surface area contributed by atoms with Crippen LogP contribution in [-0.4, -0.2) is 17.6 Å². The zero-order chi connectivity index (χ0) is 15.2. The van der Waals surface area contributed by atoms with Crippen LogP contribution in [0.3, 0.4) is 0 Å². The van der Waals surface area contributed by atoms with Crippen molar-refractivity contribution in [2.45, 2.75) is 6.42 Å². The summed E-state index contributed by atoms with van der Waals surface area (Å²) in [7, 11) is 0. The Labute approximate surface area is 125 Å². The van der Waals surface area contributed by atoms with Crippen LogP contribution < -0.4 is 5.32 Å². The maximum Gasteiger partial charge on any atom is 0.291 e. The summed E-state index contributed by atoms with van der Waals surface area (Å²) in [5.74, 6) is 4.26. The number of hydrogen-bond acceptors (Lipinski definition) is 3. The number of anilines is 1. The van der Waals surface area contributed by atoms with Crippen molar-refractivity contribution in [2.24, 2.45) is 0 Å². The van der Waals surface area contributed by atoms with E-state index in [4.69, 9.17) is 21.1 Å². The number of benzene rings is 1. The number of rotatable bonds is 3. The molecule has 1 aromatic carbocycles. The minimum atomic E-state index is -0.500. The molecule has 0 radical (unpaired) electrons. The Morgan fingerprint density at radius 1 is 1.38 bits per heavy atom. The fourth-order valence-electron chi connectivity index (χ4n) is 1.54. The van der Waals surface area contributed by atoms with E-state index in [1.54, 1.807) is 0 Å². The van der Waals surface area contributed by atoms with E-state index >= 15 is 0 Å². The van der Waals surface area contributed by atoms with Crippen LogP contribution in [0.25, 0.3) is 0 Å². The summed E-state index contributed by atoms with van der Waals surface area (Å²) < 4.78 is 18.5. The molecule has 1 amide bonds. The number of hydrogen-bond donors (Lipinski definition) is 2. The van der Waals surface area contributed by atoms with Gasteiger partial charge in [0.2, 0.25) is 0 Å². The van der Waals surface area contributed by atoms with Crippen molar-refractivity contribution in [2.75, 3.05) is 11.9 Å². The molecule has 1 aromatic heterocycles. The predicted octanol–water partition coefficient (Wildman–Crippen LogP) is 3.06. The molecule has 0 spiro atoms. The predicted molar refractivity (Wildman–Crippen MR) is 76.7 cm³/mol. The molecule has 108 valence electrons. The molecule has 0 atom stereocenters. The number of carbonyl (C=O) groups excluding carboxylic acids is 1. The second-order valence-corrected chi connectivity index (χ2v) is 4.40. The molecule has 0 aliphatic rings. The molecule has 21 heavy (non-hydrogen) atoms. The molecule has 2 aromatic rings. The highest BCUT2D eigenvalue weighted by Crippen LogP contribution is 2.17. The van der Waals surface area contributed by atoms with E-state index in [0.29, 0.717) is 5.69 Å². The van der Waals surface area contributed by atoms with Crippen molar-refractivity contribution in [1.29, 1.82) is 0 Å². The number of nitrogens with one attached hydrogen (secondary N) is 1. The smallest absolute Gasteiger partial charge is 0.291 e. The topological polar surface area (TPSA) is 62.5 Å². The molecule has 0 saturated heterocycles. The summed E-state index contributed by atoms with van der Waals surface area (Å²) in [6, 6.07) is 6.90. The number of aliphatic hydroxyl groups excluding tert-OH is 1. The fraction of sp³-hybridized carbons (Fsp3) is 0.133. The Morgan fingerprint density at radius 3 is 2.86 bits per heavy atom. The normalized spacial score (nSPS) is 9.86. The van der Waals surface area contributed by atoms with Crippen LogP contribution in [0.1, 0.15) is 22.5 Å². The van der Waals surface area contributed by atoms with Crippen molar-refractivity contribution >= 4 is 23.2 Å². The van der Waals surface area contributed by atoms with Crippen LogP contribution in [0, 0.1) is 17.7 Å². The Hall–Kier alpha value is -2.29. The van der Waals surface area contributed by atoms with E-state index in [1.807, 2.05) is 0 Å². The first-order valence-corrected chi connectivity index (χ1v) is 6.44. The third kappa shape index (κ3) is 4.09. The van der Waals surface area contributed by atoms with Gasteiger partial charge in [-0.05, 0) is 41.9 Å². The fourth-order valence-corrected chi connectivity index (χ4v) is 1.69. The maximum atomic E-state index is 13.5. The molecule has 6 heteroatoms. The standard InChI is InChI=1S/C15H11ClFNO3/c16-14-7-6-13(21-14)15(20)18-11-4-5-12(17)10(9-11)3-1-2-8-19/h4-7,9,19H,2,8H2,(H,18,20). The first kappa shape index (κ1) is 15.1. The average molecular weight is 308 g/mol. The summed E-state index contributed by atoms with van der Waals surface area (Å²) >= 11 is 5.59. The van der Waals surface area contributed by atoms with Gasteiger partial charge in [-0.1, -0.05) is 11.8 Å². The average Bonchev–Trinajstić information content (AvgIpc) is 2.89. The van der Waals surface area contributed by atoms with Gasteiger partial charge in [0, 0.05) is 12.1 Å². The Kier molecular flexibility index (Phi) is 4.99. The van der Waals surface area contributed by atoms with Gasteiger partial charge in [0.15, 0.2) is 11.0 Å². The number of carbonyl (C=O) groups is 1. The van der Waals surface area contributed by atoms with Crippen molar-refractivity contribution in [3.63, 3.8) is 0 Å². The van der Waals surface area contributed by atoms with Gasteiger partial charge in [0.1, 0.15) is 5.82 Å². The van der Waals surface area contributed by atoms with Gasteiger partial charge in [0.05, 0.1) is 12.2 Å². The molecular weight excluding hydrogens is 297 g/mol. The molecule has 0 aliphatic heterocycles. The zero-order valence-electron chi connectivity index (χ0n) is 10.8. The molecule has 0 bridgehead atoms. The first-order valence-electron chi connectivity index (χ1n) is 6.06. The highest BCUT2D eigenvalue weighted by molar-refractivity contribution is 6.29. The second kappa shape index (κ2) is 6.93. The van der Waals surface area contributed by atoms with E-state index in [-0.39, 0.29) is 29.6 Å². The SMILES string of the molecule is O=C(Nc1ccc(F)c(C#CCCO)c1)c1ccc(Cl)o1. The van der Waals surface area contributed by atoms with Crippen molar-refractivity contribution < 1.29 is 18.7 Å². The van der Waals surface area contributed by atoms with Crippen LogP contribution in [0.2, 0.25) is 5.22 Å². The van der Waals surface area contributed by atoms with Gasteiger partial charge in [-0.2, -0.15) is 0 Å². The molecule has 0 saturated carbocycles. The lowest BCUT2D eigenvalue weighted by molar-refractivity contribution is 0.0996. The van der Waals surface area contributed by atoms with E-state index in [2.05, 4.69) is 17.2 Å². The molecule has 0 aliphatic carbocycles. The first-order chi connectivity index (χ1) is 10.1. The van der Waals surface area contributed by atoms with Crippen LogP contribution in [-0.2, 0) is 0 Å². The van der Waals surface area contributed by atoms with Gasteiger partial charge >= 0.3 is 0 Å². The molecule has 1 heterocycles. The lowest BCUT2D eigenvalue weighted by atomic mass is 10.2. The van der Waals surface area contributed by atoms with E-state index in [9.17, 15) is 9.18 Å². The molecule has 0 fully saturated rings. The van der Waals surface area contributed by atoms with Crippen molar-refractivity contribution in [3.05, 3.63) is 52.7 Å². The highest BCUT2D eigenvalue weighted by atomic mass is 35.5. The number of aliphatic hydroxyl groups is 1. The second-order valence-electron chi connectivity index (χ2n) is 4.03. The van der Waals surface area contributed by atoms with Crippen molar-refractivity contribution in [3.8, 4) is 11.8 Å². The largest absolute Gasteiger partial charge is 0.440 e. The van der Waals surface area contributed by atoms with E-state index in [0.717, 1.165) is 0 Å². The summed E-state index contributed by atoms with van der Waals surface area (Å²) in [6.45, 7) is -0.0930. The summed E-state index contributed by atoms with van der Waals surface area (Å²) in [5, 5.41) is 11.3. The third-order valence-corrected chi connectivity index (χ3v) is 2.68. The van der Waals surface area contributed by atoms with Gasteiger partial charge in [0.25, 0.3) is 5.91 Å². The summed E-state index contributed by atoms with van der Waals surface area (Å²) in [6.07, 6.45) is 0.251. The lowest BCUT2D eigenvalue weighted by Crippen LogP contribution is -2.11. The maximum absolute atomic E-state index is 13.5. The van der Waals surface area contributed by atoms with E-state index < -0.39 is 11.7 Å². The Balaban J connectivity index is 2.16. The highest BCUT2D eigenvalue weighted by Gasteiger charge is 2.11. The Morgan fingerprint density at radius 2 is 2.19 bits per heavy atom. The quantitative estimate of drug-likeness (QED) is 0.857. The van der Waals surface area contributed by atoms with E-state index in [1.165, 1.54) is 30.3 Å². The zero-order valence-corrected chi connectivity index (χ0v) is 11.6. The minimum Gasteiger partial charge on any atom is -0.440 e. The lowest BCUT2D eigenvalue weighted by Gasteiger charge is -2.04. The van der Waals surface area contributed by atoms with Crippen molar-refractivity contribution in [1.82, 2.24) is 0 Å². The Bertz CT molecular complexity index is 715. The van der Waals surface area contributed by atoms with Gasteiger partial charge in [-0.3, -0.25) is 4.79 Å². The molecule has 2 rings (SSSR count). The molecule has 2 N–H and O–H groups in total. The minimum absolute atomic E-state index is 0.0530. The summed E-state index contributed by atoms with van der Waals surface area (Å²) in [5.41, 5.74) is 0.515. The van der Waals surface area contributed by atoms with Crippen LogP contribution in [0.15, 0.2) is 34.7 Å². The number of halogens is 2. The third-order valence-electron chi connectivity index (χ3n) is 2.48. The molecule has 0 unspecified atom stereocenters. The van der Waals surface area contributed by atoms with Gasteiger partial charge in [-0.15, -0.1) is 0 Å².